The molecule has 0 unspecified atom stereocenters. The number of carbonyl (C=O) groups is 4. The molecule has 2 saturated carbocycles. The third-order valence-corrected chi connectivity index (χ3v) is 10.3. The molecule has 0 radical (unpaired) electrons. The lowest BCUT2D eigenvalue weighted by atomic mass is 9.75. The molecule has 0 spiro atoms. The van der Waals surface area contributed by atoms with Crippen LogP contribution < -0.4 is 16.4 Å². The van der Waals surface area contributed by atoms with E-state index in [4.69, 9.17) is 15.2 Å². The standard InChI is InChI=1S/C34H49FN8O6/c1-20(2)32(46)48-33(36)49-34(47)38-27(16-18-35)22-8-10-24(11-9-22)31(45)43-19-17-26(21-6-4-3-5-7-21)28(43)30(44)37-25-14-12-23(13-15-25)29-39-41-42-40-29/h12-15,20-22,24,26-28,33H,3-11,16-19,36H2,1-2H3,(H,37,44)(H,38,47)(H,39,40,41,42)/t22?,24?,26-,27+,28-,33+/m0/s1. The molecule has 4 atom stereocenters. The van der Waals surface area contributed by atoms with Crippen molar-refractivity contribution in [2.75, 3.05) is 18.5 Å². The minimum Gasteiger partial charge on any atom is -0.411 e. The van der Waals surface area contributed by atoms with Crippen molar-refractivity contribution < 1.29 is 33.0 Å². The molecular formula is C34H49FN8O6. The lowest BCUT2D eigenvalue weighted by Gasteiger charge is -2.37. The summed E-state index contributed by atoms with van der Waals surface area (Å²) in [6.45, 7) is 3.14. The summed E-state index contributed by atoms with van der Waals surface area (Å²) in [5.74, 6) is -0.651. The van der Waals surface area contributed by atoms with Gasteiger partial charge in [-0.3, -0.25) is 24.5 Å². The fraction of sp³-hybridized carbons (Fsp3) is 0.676. The van der Waals surface area contributed by atoms with Crippen LogP contribution in [0.15, 0.2) is 24.3 Å². The molecule has 14 nitrogen and oxygen atoms in total. The Labute approximate surface area is 285 Å². The van der Waals surface area contributed by atoms with Crippen molar-refractivity contribution in [3.63, 3.8) is 0 Å². The summed E-state index contributed by atoms with van der Waals surface area (Å²) in [5.41, 5.74) is 7.02. The number of tetrazole rings is 1. The first-order chi connectivity index (χ1) is 23.6. The molecule has 49 heavy (non-hydrogen) atoms. The minimum absolute atomic E-state index is 0.0169. The number of carbonyl (C=O) groups excluding carboxylic acids is 4. The molecule has 2 aliphatic carbocycles. The average Bonchev–Trinajstić information content (AvgIpc) is 3.80. The van der Waals surface area contributed by atoms with Crippen molar-refractivity contribution in [1.82, 2.24) is 30.8 Å². The van der Waals surface area contributed by atoms with Crippen molar-refractivity contribution in [1.29, 1.82) is 0 Å². The van der Waals surface area contributed by atoms with Gasteiger partial charge >= 0.3 is 18.5 Å². The van der Waals surface area contributed by atoms with Crippen LogP contribution in [0, 0.1) is 29.6 Å². The fourth-order valence-corrected chi connectivity index (χ4v) is 7.77. The van der Waals surface area contributed by atoms with Gasteiger partial charge in [0.1, 0.15) is 6.04 Å². The van der Waals surface area contributed by atoms with E-state index in [1.165, 1.54) is 6.42 Å². The van der Waals surface area contributed by atoms with Crippen molar-refractivity contribution in [2.45, 2.75) is 103 Å². The average molecular weight is 685 g/mol. The molecule has 0 bridgehead atoms. The number of H-pyrrole nitrogens is 1. The van der Waals surface area contributed by atoms with Crippen LogP contribution in [0.4, 0.5) is 14.9 Å². The van der Waals surface area contributed by atoms with Crippen LogP contribution in [0.3, 0.4) is 0 Å². The largest absolute Gasteiger partial charge is 0.411 e. The number of hydrogen-bond acceptors (Lipinski definition) is 10. The van der Waals surface area contributed by atoms with E-state index in [-0.39, 0.29) is 36.0 Å². The molecule has 3 aliphatic rings. The third kappa shape index (κ3) is 9.31. The highest BCUT2D eigenvalue weighted by Crippen LogP contribution is 2.41. The number of nitrogens with one attached hydrogen (secondary N) is 3. The number of alkyl carbamates (subject to hydrolysis) is 1. The Morgan fingerprint density at radius 1 is 1.00 bits per heavy atom. The molecule has 3 amide bonds. The number of nitrogens with two attached hydrogens (primary N) is 1. The van der Waals surface area contributed by atoms with Gasteiger partial charge in [-0.2, -0.15) is 5.21 Å². The van der Waals surface area contributed by atoms with E-state index in [0.29, 0.717) is 49.7 Å². The van der Waals surface area contributed by atoms with Gasteiger partial charge in [0.15, 0.2) is 0 Å². The molecule has 5 N–H and O–H groups in total. The molecule has 1 aliphatic heterocycles. The first-order valence-electron chi connectivity index (χ1n) is 17.6. The number of likely N-dealkylation sites (tertiary alicyclic amines) is 1. The van der Waals surface area contributed by atoms with Crippen molar-refractivity contribution in [3.8, 4) is 11.4 Å². The van der Waals surface area contributed by atoms with E-state index < -0.39 is 43.2 Å². The Balaban J connectivity index is 1.20. The molecular weight excluding hydrogens is 635 g/mol. The Hall–Kier alpha value is -4.14. The smallest absolute Gasteiger partial charge is 0.411 e. The number of amides is 3. The monoisotopic (exact) mass is 684 g/mol. The van der Waals surface area contributed by atoms with Gasteiger partial charge in [0, 0.05) is 29.8 Å². The predicted octanol–water partition coefficient (Wildman–Crippen LogP) is 4.30. The Morgan fingerprint density at radius 3 is 2.35 bits per heavy atom. The first kappa shape index (κ1) is 36.1. The molecule has 5 rings (SSSR count). The van der Waals surface area contributed by atoms with Crippen LogP contribution in [-0.2, 0) is 23.9 Å². The molecule has 3 fully saturated rings. The van der Waals surface area contributed by atoms with Gasteiger partial charge < -0.3 is 25.0 Å². The van der Waals surface area contributed by atoms with Gasteiger partial charge in [-0.05, 0) is 85.8 Å². The van der Waals surface area contributed by atoms with Gasteiger partial charge in [-0.25, -0.2) is 4.79 Å². The number of hydrogen-bond donors (Lipinski definition) is 4. The zero-order chi connectivity index (χ0) is 34.9. The maximum absolute atomic E-state index is 14.1. The predicted molar refractivity (Wildman–Crippen MR) is 177 cm³/mol. The summed E-state index contributed by atoms with van der Waals surface area (Å²) < 4.78 is 23.4. The summed E-state index contributed by atoms with van der Waals surface area (Å²) in [6.07, 6.45) is 6.32. The highest BCUT2D eigenvalue weighted by Gasteiger charge is 2.47. The second kappa shape index (κ2) is 17.0. The Kier molecular flexibility index (Phi) is 12.5. The zero-order valence-electron chi connectivity index (χ0n) is 28.3. The van der Waals surface area contributed by atoms with Gasteiger partial charge in [0.25, 0.3) is 0 Å². The van der Waals surface area contributed by atoms with E-state index in [0.717, 1.165) is 37.7 Å². The molecule has 1 aromatic heterocycles. The van der Waals surface area contributed by atoms with Crippen LogP contribution in [0.25, 0.3) is 11.4 Å². The van der Waals surface area contributed by atoms with Gasteiger partial charge in [0.05, 0.1) is 12.6 Å². The second-order valence-electron chi connectivity index (χ2n) is 13.8. The molecule has 1 saturated heterocycles. The van der Waals surface area contributed by atoms with Gasteiger partial charge in [0.2, 0.25) is 17.6 Å². The van der Waals surface area contributed by atoms with E-state index in [9.17, 15) is 23.6 Å². The zero-order valence-corrected chi connectivity index (χ0v) is 28.3. The van der Waals surface area contributed by atoms with E-state index >= 15 is 0 Å². The maximum atomic E-state index is 14.1. The van der Waals surface area contributed by atoms with Gasteiger partial charge in [-0.15, -0.1) is 10.2 Å². The number of anilines is 1. The summed E-state index contributed by atoms with van der Waals surface area (Å²) >= 11 is 0. The summed E-state index contributed by atoms with van der Waals surface area (Å²) in [5, 5.41) is 19.8. The van der Waals surface area contributed by atoms with Crippen LogP contribution >= 0.6 is 0 Å². The lowest BCUT2D eigenvalue weighted by Crippen LogP contribution is -2.50. The number of alkyl halides is 1. The van der Waals surface area contributed by atoms with Gasteiger partial charge in [-0.1, -0.05) is 46.0 Å². The van der Waals surface area contributed by atoms with Crippen LogP contribution in [0.1, 0.15) is 84.5 Å². The second-order valence-corrected chi connectivity index (χ2v) is 13.8. The quantitative estimate of drug-likeness (QED) is 0.185. The van der Waals surface area contributed by atoms with E-state index in [1.807, 2.05) is 17.0 Å². The molecule has 268 valence electrons. The highest BCUT2D eigenvalue weighted by molar-refractivity contribution is 5.98. The topological polar surface area (TPSA) is 195 Å². The summed E-state index contributed by atoms with van der Waals surface area (Å²) in [7, 11) is 0. The first-order valence-corrected chi connectivity index (χ1v) is 17.6. The third-order valence-electron chi connectivity index (χ3n) is 10.3. The number of rotatable bonds is 12. The van der Waals surface area contributed by atoms with Crippen LogP contribution in [-0.4, -0.2) is 81.1 Å². The molecule has 2 heterocycles. The van der Waals surface area contributed by atoms with Crippen molar-refractivity contribution in [3.05, 3.63) is 24.3 Å². The van der Waals surface area contributed by atoms with Crippen LogP contribution in [0.2, 0.25) is 0 Å². The number of ether oxygens (including phenoxy) is 2. The van der Waals surface area contributed by atoms with Crippen molar-refractivity contribution in [2.24, 2.45) is 35.3 Å². The Bertz CT molecular complexity index is 1400. The van der Waals surface area contributed by atoms with E-state index in [2.05, 4.69) is 31.3 Å². The molecule has 15 heteroatoms. The molecule has 1 aromatic carbocycles. The maximum Gasteiger partial charge on any atom is 0.411 e. The SMILES string of the molecule is CC(C)C(=O)O[C@@H](N)OC(=O)N[C@H](CCF)C1CCC(C(=O)N2CC[C@@H](C3CCCCC3)[C@H]2C(=O)Nc2ccc(-c3nn[nH]n3)cc2)CC1. The Morgan fingerprint density at radius 2 is 1.71 bits per heavy atom. The number of benzene rings is 1. The molecule has 2 aromatic rings. The number of esters is 1. The fourth-order valence-electron chi connectivity index (χ4n) is 7.77. The number of aromatic amines is 1. The van der Waals surface area contributed by atoms with Crippen molar-refractivity contribution >= 4 is 29.6 Å². The summed E-state index contributed by atoms with van der Waals surface area (Å²) in [4.78, 5) is 54.2. The highest BCUT2D eigenvalue weighted by atomic mass is 19.1. The summed E-state index contributed by atoms with van der Waals surface area (Å²) in [6, 6.07) is 6.13. The number of aromatic nitrogens is 4. The minimum atomic E-state index is -1.58. The normalized spacial score (nSPS) is 24.2. The van der Waals surface area contributed by atoms with Crippen LogP contribution in [0.5, 0.6) is 0 Å². The number of nitrogens with zero attached hydrogens (tertiary/aromatic N) is 4. The van der Waals surface area contributed by atoms with E-state index in [1.54, 1.807) is 26.0 Å². The number of halogens is 1. The lowest BCUT2D eigenvalue weighted by molar-refractivity contribution is -0.170.